The van der Waals surface area contributed by atoms with Gasteiger partial charge in [0.1, 0.15) is 5.82 Å². The minimum atomic E-state index is -3.16. The molecule has 7 heteroatoms. The van der Waals surface area contributed by atoms with Crippen LogP contribution in [0.25, 0.3) is 11.3 Å². The number of methoxy groups -OCH3 is 1. The number of hydrogen-bond donors (Lipinski definition) is 2. The third kappa shape index (κ3) is 3.58. The van der Waals surface area contributed by atoms with Crippen molar-refractivity contribution in [2.75, 3.05) is 31.8 Å². The number of nitrogens with zero attached hydrogens (tertiary/aromatic N) is 1. The Morgan fingerprint density at radius 1 is 1.30 bits per heavy atom. The molecule has 2 rings (SSSR count). The van der Waals surface area contributed by atoms with Crippen molar-refractivity contribution >= 4 is 15.7 Å². The first-order valence-electron chi connectivity index (χ1n) is 6.09. The van der Waals surface area contributed by atoms with Crippen LogP contribution in [0.15, 0.2) is 35.2 Å². The summed E-state index contributed by atoms with van der Waals surface area (Å²) in [6, 6.07) is 8.55. The van der Waals surface area contributed by atoms with Crippen molar-refractivity contribution in [3.05, 3.63) is 30.3 Å². The summed E-state index contributed by atoms with van der Waals surface area (Å²) in [6.45, 7) is 1.28. The number of H-pyrrole nitrogens is 1. The van der Waals surface area contributed by atoms with E-state index in [9.17, 15) is 8.42 Å². The lowest BCUT2D eigenvalue weighted by atomic mass is 10.1. The first-order valence-corrected chi connectivity index (χ1v) is 7.98. The maximum absolute atomic E-state index is 11.4. The Bertz CT molecular complexity index is 662. The predicted octanol–water partition coefficient (Wildman–Crippen LogP) is 1.54. The van der Waals surface area contributed by atoms with Crippen LogP contribution in [0, 0.1) is 0 Å². The molecule has 1 aromatic carbocycles. The minimum Gasteiger partial charge on any atom is -0.383 e. The Kier molecular flexibility index (Phi) is 4.41. The van der Waals surface area contributed by atoms with Gasteiger partial charge in [-0.05, 0) is 17.7 Å². The SMILES string of the molecule is COCCNc1cc(-c2ccc(S(C)(=O)=O)cc2)[nH]n1. The van der Waals surface area contributed by atoms with Gasteiger partial charge in [0.05, 0.1) is 17.2 Å². The standard InChI is InChI=1S/C13H17N3O3S/c1-19-8-7-14-13-9-12(15-16-13)10-3-5-11(6-4-10)20(2,17)18/h3-6,9H,7-8H2,1-2H3,(H2,14,15,16). The van der Waals surface area contributed by atoms with Crippen LogP contribution in [0.2, 0.25) is 0 Å². The molecular weight excluding hydrogens is 278 g/mol. The zero-order valence-electron chi connectivity index (χ0n) is 11.4. The molecule has 20 heavy (non-hydrogen) atoms. The summed E-state index contributed by atoms with van der Waals surface area (Å²) in [5, 5.41) is 10.1. The molecule has 0 unspecified atom stereocenters. The Hall–Kier alpha value is -1.86. The number of nitrogens with one attached hydrogen (secondary N) is 2. The molecule has 0 saturated carbocycles. The van der Waals surface area contributed by atoms with Gasteiger partial charge in [0.25, 0.3) is 0 Å². The second-order valence-electron chi connectivity index (χ2n) is 4.38. The van der Waals surface area contributed by atoms with Crippen molar-refractivity contribution in [2.45, 2.75) is 4.90 Å². The number of sulfone groups is 1. The molecule has 0 spiro atoms. The van der Waals surface area contributed by atoms with Gasteiger partial charge in [0, 0.05) is 26.0 Å². The maximum Gasteiger partial charge on any atom is 0.175 e. The molecule has 0 aliphatic carbocycles. The quantitative estimate of drug-likeness (QED) is 0.790. The molecule has 0 aliphatic heterocycles. The second-order valence-corrected chi connectivity index (χ2v) is 6.40. The van der Waals surface area contributed by atoms with Crippen LogP contribution < -0.4 is 5.32 Å². The van der Waals surface area contributed by atoms with E-state index in [1.54, 1.807) is 31.4 Å². The summed E-state index contributed by atoms with van der Waals surface area (Å²) in [5.74, 6) is 0.726. The van der Waals surface area contributed by atoms with Crippen LogP contribution >= 0.6 is 0 Å². The van der Waals surface area contributed by atoms with Crippen LogP contribution in [0.5, 0.6) is 0 Å². The molecule has 0 bridgehead atoms. The highest BCUT2D eigenvalue weighted by Gasteiger charge is 2.08. The number of hydrogen-bond acceptors (Lipinski definition) is 5. The molecule has 0 amide bonds. The van der Waals surface area contributed by atoms with E-state index < -0.39 is 9.84 Å². The van der Waals surface area contributed by atoms with E-state index in [0.717, 1.165) is 17.1 Å². The number of rotatable bonds is 6. The molecule has 108 valence electrons. The highest BCUT2D eigenvalue weighted by Crippen LogP contribution is 2.21. The third-order valence-electron chi connectivity index (χ3n) is 2.78. The average Bonchev–Trinajstić information content (AvgIpc) is 2.87. The summed E-state index contributed by atoms with van der Waals surface area (Å²) < 4.78 is 27.7. The van der Waals surface area contributed by atoms with E-state index in [1.165, 1.54) is 6.26 Å². The van der Waals surface area contributed by atoms with Gasteiger partial charge in [-0.1, -0.05) is 12.1 Å². The van der Waals surface area contributed by atoms with Gasteiger partial charge in [0.15, 0.2) is 9.84 Å². The largest absolute Gasteiger partial charge is 0.383 e. The lowest BCUT2D eigenvalue weighted by Gasteiger charge is -2.01. The number of anilines is 1. The van der Waals surface area contributed by atoms with Crippen molar-refractivity contribution in [1.82, 2.24) is 10.2 Å². The zero-order chi connectivity index (χ0) is 14.6. The Labute approximate surface area is 118 Å². The minimum absolute atomic E-state index is 0.305. The number of aromatic nitrogens is 2. The van der Waals surface area contributed by atoms with Crippen LogP contribution in [-0.2, 0) is 14.6 Å². The molecule has 1 aromatic heterocycles. The molecule has 0 atom stereocenters. The molecule has 0 fully saturated rings. The molecule has 6 nitrogen and oxygen atoms in total. The first kappa shape index (κ1) is 14.5. The fourth-order valence-corrected chi connectivity index (χ4v) is 2.35. The van der Waals surface area contributed by atoms with E-state index in [1.807, 2.05) is 6.07 Å². The highest BCUT2D eigenvalue weighted by molar-refractivity contribution is 7.90. The van der Waals surface area contributed by atoms with E-state index in [0.29, 0.717) is 18.0 Å². The van der Waals surface area contributed by atoms with Gasteiger partial charge in [-0.3, -0.25) is 5.10 Å². The van der Waals surface area contributed by atoms with Crippen molar-refractivity contribution < 1.29 is 13.2 Å². The van der Waals surface area contributed by atoms with Crippen LogP contribution in [0.4, 0.5) is 5.82 Å². The predicted molar refractivity (Wildman–Crippen MR) is 77.5 cm³/mol. The van der Waals surface area contributed by atoms with Crippen LogP contribution in [0.3, 0.4) is 0 Å². The molecule has 2 N–H and O–H groups in total. The molecule has 2 aromatic rings. The van der Waals surface area contributed by atoms with Gasteiger partial charge in [-0.2, -0.15) is 5.10 Å². The number of benzene rings is 1. The molecule has 1 heterocycles. The lowest BCUT2D eigenvalue weighted by Crippen LogP contribution is -2.07. The van der Waals surface area contributed by atoms with Gasteiger partial charge in [-0.15, -0.1) is 0 Å². The highest BCUT2D eigenvalue weighted by atomic mass is 32.2. The normalized spacial score (nSPS) is 11.5. The summed E-state index contributed by atoms with van der Waals surface area (Å²) >= 11 is 0. The van der Waals surface area contributed by atoms with Crippen LogP contribution in [0.1, 0.15) is 0 Å². The fourth-order valence-electron chi connectivity index (χ4n) is 1.72. The summed E-state index contributed by atoms with van der Waals surface area (Å²) in [5.41, 5.74) is 1.70. The third-order valence-corrected chi connectivity index (χ3v) is 3.91. The first-order chi connectivity index (χ1) is 9.50. The van der Waals surface area contributed by atoms with Gasteiger partial charge >= 0.3 is 0 Å². The van der Waals surface area contributed by atoms with Crippen molar-refractivity contribution in [3.8, 4) is 11.3 Å². The summed E-state index contributed by atoms with van der Waals surface area (Å²) in [4.78, 5) is 0.305. The lowest BCUT2D eigenvalue weighted by molar-refractivity contribution is 0.210. The smallest absolute Gasteiger partial charge is 0.175 e. The van der Waals surface area contributed by atoms with E-state index in [-0.39, 0.29) is 0 Å². The maximum atomic E-state index is 11.4. The average molecular weight is 295 g/mol. The van der Waals surface area contributed by atoms with E-state index in [4.69, 9.17) is 4.74 Å². The second kappa shape index (κ2) is 6.06. The monoisotopic (exact) mass is 295 g/mol. The van der Waals surface area contributed by atoms with E-state index in [2.05, 4.69) is 15.5 Å². The van der Waals surface area contributed by atoms with Crippen molar-refractivity contribution in [2.24, 2.45) is 0 Å². The molecular formula is C13H17N3O3S. The van der Waals surface area contributed by atoms with E-state index >= 15 is 0 Å². The Balaban J connectivity index is 2.12. The van der Waals surface area contributed by atoms with Gasteiger partial charge in [-0.25, -0.2) is 8.42 Å². The molecule has 0 aliphatic rings. The van der Waals surface area contributed by atoms with Crippen LogP contribution in [-0.4, -0.2) is 45.1 Å². The summed E-state index contributed by atoms with van der Waals surface area (Å²) in [6.07, 6.45) is 1.19. The van der Waals surface area contributed by atoms with Crippen molar-refractivity contribution in [3.63, 3.8) is 0 Å². The topological polar surface area (TPSA) is 84.1 Å². The van der Waals surface area contributed by atoms with Gasteiger partial charge < -0.3 is 10.1 Å². The summed E-state index contributed by atoms with van der Waals surface area (Å²) in [7, 11) is -1.52. The Morgan fingerprint density at radius 2 is 2.00 bits per heavy atom. The van der Waals surface area contributed by atoms with Gasteiger partial charge in [0.2, 0.25) is 0 Å². The molecule has 0 saturated heterocycles. The fraction of sp³-hybridized carbons (Fsp3) is 0.308. The number of aromatic amines is 1. The van der Waals surface area contributed by atoms with Crippen molar-refractivity contribution in [1.29, 1.82) is 0 Å². The Morgan fingerprint density at radius 3 is 2.60 bits per heavy atom. The molecule has 0 radical (unpaired) electrons. The zero-order valence-corrected chi connectivity index (χ0v) is 12.2. The number of ether oxygens (including phenoxy) is 1.